The van der Waals surface area contributed by atoms with Crippen molar-refractivity contribution in [3.05, 3.63) is 41.5 Å². The van der Waals surface area contributed by atoms with E-state index < -0.39 is 22.5 Å². The van der Waals surface area contributed by atoms with Gasteiger partial charge in [0.15, 0.2) is 8.32 Å². The lowest BCUT2D eigenvalue weighted by Gasteiger charge is -2.36. The summed E-state index contributed by atoms with van der Waals surface area (Å²) in [5.74, 6) is 9.43. The van der Waals surface area contributed by atoms with Crippen molar-refractivity contribution >= 4 is 22.5 Å². The van der Waals surface area contributed by atoms with Gasteiger partial charge >= 0.3 is 0 Å². The van der Waals surface area contributed by atoms with E-state index in [1.54, 1.807) is 0 Å². The van der Waals surface area contributed by atoms with Crippen LogP contribution < -0.4 is 0 Å². The molecule has 0 aliphatic heterocycles. The highest BCUT2D eigenvalue weighted by Crippen LogP contribution is 2.36. The first-order valence-electron chi connectivity index (χ1n) is 10.9. The lowest BCUT2D eigenvalue weighted by Crippen LogP contribution is -2.40. The van der Waals surface area contributed by atoms with Gasteiger partial charge in [-0.05, 0) is 42.6 Å². The third-order valence-electron chi connectivity index (χ3n) is 5.20. The molecule has 4 heteroatoms. The molecule has 0 amide bonds. The lowest BCUT2D eigenvalue weighted by atomic mass is 10.1. The number of rotatable bonds is 7. The van der Waals surface area contributed by atoms with Crippen LogP contribution in [0.4, 0.5) is 0 Å². The van der Waals surface area contributed by atoms with Crippen LogP contribution in [0, 0.1) is 23.3 Å². The number of aliphatic hydroxyl groups is 1. The summed E-state index contributed by atoms with van der Waals surface area (Å²) in [6, 6.07) is 9.98. The standard InChI is InChI=1S/C26H40O2Si2/c1-26(2,3)30(7,8)28-20-15-10-9-14-18-24(22-23-16-12-11-13-17-23)25(27)19-21-29(4,5)6/h11-13,16-17,22,25,27H,9-10,15,20H2,1-8H3/b24-22+. The largest absolute Gasteiger partial charge is 0.417 e. The highest BCUT2D eigenvalue weighted by Gasteiger charge is 2.36. The van der Waals surface area contributed by atoms with Crippen LogP contribution in [0.2, 0.25) is 37.8 Å². The predicted molar refractivity (Wildman–Crippen MR) is 136 cm³/mol. The second-order valence-electron chi connectivity index (χ2n) is 10.3. The molecular formula is C26H40O2Si2. The zero-order valence-electron chi connectivity index (χ0n) is 20.2. The molecule has 1 N–H and O–H groups in total. The molecule has 0 saturated carbocycles. The minimum absolute atomic E-state index is 0.247. The fraction of sp³-hybridized carbons (Fsp3) is 0.538. The van der Waals surface area contributed by atoms with E-state index in [1.807, 2.05) is 36.4 Å². The molecule has 0 bridgehead atoms. The summed E-state index contributed by atoms with van der Waals surface area (Å²) in [6.07, 6.45) is 3.90. The van der Waals surface area contributed by atoms with Crippen LogP contribution in [0.15, 0.2) is 35.9 Å². The Morgan fingerprint density at radius 2 is 1.70 bits per heavy atom. The van der Waals surface area contributed by atoms with E-state index in [0.29, 0.717) is 5.57 Å². The van der Waals surface area contributed by atoms with E-state index in [1.165, 1.54) is 0 Å². The van der Waals surface area contributed by atoms with Crippen molar-refractivity contribution in [3.63, 3.8) is 0 Å². The zero-order valence-corrected chi connectivity index (χ0v) is 22.2. The summed E-state index contributed by atoms with van der Waals surface area (Å²) in [6.45, 7) is 18.7. The van der Waals surface area contributed by atoms with E-state index in [4.69, 9.17) is 4.43 Å². The molecule has 1 aromatic rings. The molecule has 0 aliphatic carbocycles. The van der Waals surface area contributed by atoms with Crippen LogP contribution in [0.5, 0.6) is 0 Å². The second kappa shape index (κ2) is 11.7. The van der Waals surface area contributed by atoms with Crippen molar-refractivity contribution in [2.24, 2.45) is 0 Å². The summed E-state index contributed by atoms with van der Waals surface area (Å²) in [4.78, 5) is 0. The van der Waals surface area contributed by atoms with E-state index in [9.17, 15) is 5.11 Å². The van der Waals surface area contributed by atoms with E-state index >= 15 is 0 Å². The van der Waals surface area contributed by atoms with Gasteiger partial charge in [-0.2, -0.15) is 0 Å². The van der Waals surface area contributed by atoms with Crippen LogP contribution in [0.1, 0.15) is 45.6 Å². The fourth-order valence-corrected chi connectivity index (χ4v) is 3.96. The summed E-state index contributed by atoms with van der Waals surface area (Å²) in [5, 5.41) is 10.8. The Morgan fingerprint density at radius 1 is 1.07 bits per heavy atom. The molecule has 2 nitrogen and oxygen atoms in total. The first-order valence-corrected chi connectivity index (χ1v) is 17.3. The minimum Gasteiger partial charge on any atom is -0.417 e. The molecule has 30 heavy (non-hydrogen) atoms. The highest BCUT2D eigenvalue weighted by atomic mass is 28.4. The van der Waals surface area contributed by atoms with E-state index in [-0.39, 0.29) is 5.04 Å². The molecule has 1 rings (SSSR count). The molecule has 1 atom stereocenters. The van der Waals surface area contributed by atoms with E-state index in [2.05, 4.69) is 76.8 Å². The molecule has 1 unspecified atom stereocenters. The minimum atomic E-state index is -1.66. The third-order valence-corrected chi connectivity index (χ3v) is 10.6. The first kappa shape index (κ1) is 26.5. The van der Waals surface area contributed by atoms with Gasteiger partial charge in [-0.1, -0.05) is 88.5 Å². The molecular weight excluding hydrogens is 400 g/mol. The predicted octanol–water partition coefficient (Wildman–Crippen LogP) is 6.51. The number of hydrogen-bond acceptors (Lipinski definition) is 2. The molecule has 0 saturated heterocycles. The number of aliphatic hydroxyl groups excluding tert-OH is 1. The average molecular weight is 441 g/mol. The van der Waals surface area contributed by atoms with Crippen molar-refractivity contribution in [2.75, 3.05) is 6.61 Å². The van der Waals surface area contributed by atoms with Gasteiger partial charge in [-0.3, -0.25) is 0 Å². The SMILES string of the molecule is CC(C)(C)[Si](C)(C)OCCCCC#C/C(=C\c1ccccc1)C(O)C#C[Si](C)(C)C. The first-order chi connectivity index (χ1) is 13.8. The van der Waals surface area contributed by atoms with Crippen LogP contribution in [-0.2, 0) is 4.43 Å². The average Bonchev–Trinajstić information content (AvgIpc) is 2.63. The van der Waals surface area contributed by atoms with Gasteiger partial charge in [-0.15, -0.1) is 5.54 Å². The lowest BCUT2D eigenvalue weighted by molar-refractivity contribution is 0.274. The van der Waals surface area contributed by atoms with Gasteiger partial charge in [0.05, 0.1) is 0 Å². The molecule has 0 heterocycles. The van der Waals surface area contributed by atoms with Crippen LogP contribution in [-0.4, -0.2) is 34.2 Å². The second-order valence-corrected chi connectivity index (χ2v) is 19.9. The Balaban J connectivity index is 2.72. The van der Waals surface area contributed by atoms with Gasteiger partial charge < -0.3 is 9.53 Å². The molecule has 0 aliphatic rings. The quantitative estimate of drug-likeness (QED) is 0.297. The van der Waals surface area contributed by atoms with E-state index in [0.717, 1.165) is 31.4 Å². The maximum atomic E-state index is 10.6. The smallest absolute Gasteiger partial charge is 0.191 e. The molecule has 0 radical (unpaired) electrons. The van der Waals surface area contributed by atoms with Crippen LogP contribution in [0.3, 0.4) is 0 Å². The molecule has 1 aromatic carbocycles. The number of hydrogen-bond donors (Lipinski definition) is 1. The molecule has 0 fully saturated rings. The van der Waals surface area contributed by atoms with Crippen LogP contribution in [0.25, 0.3) is 6.08 Å². The number of benzene rings is 1. The topological polar surface area (TPSA) is 29.5 Å². The van der Waals surface area contributed by atoms with Gasteiger partial charge in [0.25, 0.3) is 0 Å². The maximum absolute atomic E-state index is 10.6. The highest BCUT2D eigenvalue weighted by molar-refractivity contribution is 6.83. The normalized spacial score (nSPS) is 13.7. The zero-order chi connectivity index (χ0) is 22.8. The Labute approximate surface area is 187 Å². The van der Waals surface area contributed by atoms with Crippen molar-refractivity contribution in [1.29, 1.82) is 0 Å². The molecule has 0 spiro atoms. The van der Waals surface area contributed by atoms with Gasteiger partial charge in [0.2, 0.25) is 0 Å². The van der Waals surface area contributed by atoms with Gasteiger partial charge in [0.1, 0.15) is 14.2 Å². The fourth-order valence-electron chi connectivity index (χ4n) is 2.30. The number of unbranched alkanes of at least 4 members (excludes halogenated alkanes) is 2. The Kier molecular flexibility index (Phi) is 10.3. The Hall–Kier alpha value is -1.57. The van der Waals surface area contributed by atoms with Crippen molar-refractivity contribution in [2.45, 2.75) is 83.9 Å². The van der Waals surface area contributed by atoms with Crippen molar-refractivity contribution in [1.82, 2.24) is 0 Å². The Morgan fingerprint density at radius 3 is 2.27 bits per heavy atom. The monoisotopic (exact) mass is 440 g/mol. The summed E-state index contributed by atoms with van der Waals surface area (Å²) in [7, 11) is -3.21. The maximum Gasteiger partial charge on any atom is 0.191 e. The summed E-state index contributed by atoms with van der Waals surface area (Å²) < 4.78 is 6.23. The Bertz CT molecular complexity index is 804. The molecule has 164 valence electrons. The third kappa shape index (κ3) is 10.5. The van der Waals surface area contributed by atoms with Crippen molar-refractivity contribution in [3.8, 4) is 23.3 Å². The molecule has 0 aromatic heterocycles. The summed E-state index contributed by atoms with van der Waals surface area (Å²) >= 11 is 0. The van der Waals surface area contributed by atoms with Crippen molar-refractivity contribution < 1.29 is 9.53 Å². The van der Waals surface area contributed by atoms with Gasteiger partial charge in [0, 0.05) is 18.6 Å². The van der Waals surface area contributed by atoms with Gasteiger partial charge in [-0.25, -0.2) is 0 Å². The van der Waals surface area contributed by atoms with Crippen LogP contribution >= 0.6 is 0 Å². The summed E-state index contributed by atoms with van der Waals surface area (Å²) in [5.41, 5.74) is 4.95.